The molecule has 0 spiro atoms. The Kier molecular flexibility index (Phi) is 2.18. The Hall–Kier alpha value is -1.84. The maximum atomic E-state index is 10.0. The van der Waals surface area contributed by atoms with Gasteiger partial charge in [0.15, 0.2) is 11.5 Å². The van der Waals surface area contributed by atoms with Crippen LogP contribution < -0.4 is 14.2 Å². The minimum Gasteiger partial charge on any atom is -0.502 e. The summed E-state index contributed by atoms with van der Waals surface area (Å²) in [7, 11) is 3.06. The predicted molar refractivity (Wildman–Crippen MR) is 62.1 cm³/mol. The highest BCUT2D eigenvalue weighted by Crippen LogP contribution is 2.54. The molecule has 2 atom stereocenters. The zero-order chi connectivity index (χ0) is 12.0. The summed E-state index contributed by atoms with van der Waals surface area (Å²) in [6, 6.07) is 1.72. The van der Waals surface area contributed by atoms with Crippen molar-refractivity contribution in [3.8, 4) is 23.0 Å². The van der Waals surface area contributed by atoms with Crippen molar-refractivity contribution in [2.75, 3.05) is 14.2 Å². The fraction of sp³-hybridized carbons (Fsp3) is 0.385. The molecule has 0 saturated heterocycles. The van der Waals surface area contributed by atoms with Gasteiger partial charge in [0.05, 0.1) is 14.2 Å². The molecule has 17 heavy (non-hydrogen) atoms. The first-order chi connectivity index (χ1) is 8.26. The number of phenolic OH excluding ortho intramolecular Hbond substituents is 1. The summed E-state index contributed by atoms with van der Waals surface area (Å²) >= 11 is 0. The maximum Gasteiger partial charge on any atom is 0.201 e. The number of phenols is 1. The molecule has 0 unspecified atom stereocenters. The van der Waals surface area contributed by atoms with Crippen LogP contribution in [0.2, 0.25) is 0 Å². The van der Waals surface area contributed by atoms with Gasteiger partial charge in [-0.25, -0.2) is 0 Å². The number of methoxy groups -OCH3 is 2. The largest absolute Gasteiger partial charge is 0.502 e. The summed E-state index contributed by atoms with van der Waals surface area (Å²) < 4.78 is 16.2. The van der Waals surface area contributed by atoms with Gasteiger partial charge in [-0.3, -0.25) is 0 Å². The third-order valence-electron chi connectivity index (χ3n) is 3.39. The molecule has 4 heteroatoms. The molecule has 90 valence electrons. The monoisotopic (exact) mass is 234 g/mol. The molecule has 0 fully saturated rings. The van der Waals surface area contributed by atoms with E-state index in [4.69, 9.17) is 14.2 Å². The quantitative estimate of drug-likeness (QED) is 0.797. The van der Waals surface area contributed by atoms with Gasteiger partial charge in [-0.15, -0.1) is 0 Å². The minimum absolute atomic E-state index is 0.0462. The summed E-state index contributed by atoms with van der Waals surface area (Å²) in [5.41, 5.74) is 0.945. The van der Waals surface area contributed by atoms with Crippen LogP contribution in [0.5, 0.6) is 23.0 Å². The van der Waals surface area contributed by atoms with E-state index in [1.54, 1.807) is 13.2 Å². The van der Waals surface area contributed by atoms with Crippen LogP contribution >= 0.6 is 0 Å². The van der Waals surface area contributed by atoms with E-state index in [-0.39, 0.29) is 17.8 Å². The predicted octanol–water partition coefficient (Wildman–Crippen LogP) is 2.21. The summed E-state index contributed by atoms with van der Waals surface area (Å²) in [5, 5.41) is 10.0. The highest BCUT2D eigenvalue weighted by Gasteiger charge is 2.39. The Balaban J connectivity index is 2.18. The number of ether oxygens (including phenoxy) is 3. The Morgan fingerprint density at radius 1 is 1.35 bits per heavy atom. The van der Waals surface area contributed by atoms with Gasteiger partial charge in [-0.2, -0.15) is 0 Å². The number of aromatic hydroxyl groups is 1. The third kappa shape index (κ3) is 1.30. The van der Waals surface area contributed by atoms with Crippen LogP contribution in [-0.2, 0) is 0 Å². The molecule has 4 nitrogen and oxygen atoms in total. The van der Waals surface area contributed by atoms with E-state index in [0.29, 0.717) is 11.5 Å². The molecule has 2 aliphatic rings. The fourth-order valence-electron chi connectivity index (χ4n) is 2.61. The highest BCUT2D eigenvalue weighted by molar-refractivity contribution is 5.64. The molecule has 0 radical (unpaired) electrons. The minimum atomic E-state index is 0.0462. The van der Waals surface area contributed by atoms with Gasteiger partial charge in [0.25, 0.3) is 0 Å². The molecule has 1 aliphatic carbocycles. The highest BCUT2D eigenvalue weighted by atomic mass is 16.5. The normalized spacial score (nSPS) is 24.1. The first kappa shape index (κ1) is 10.3. The lowest BCUT2D eigenvalue weighted by molar-refractivity contribution is 0.264. The van der Waals surface area contributed by atoms with Crippen LogP contribution in [0.3, 0.4) is 0 Å². The molecule has 1 aromatic rings. The zero-order valence-corrected chi connectivity index (χ0v) is 9.77. The van der Waals surface area contributed by atoms with E-state index in [1.807, 2.05) is 6.08 Å². The number of benzene rings is 1. The van der Waals surface area contributed by atoms with Crippen molar-refractivity contribution in [1.29, 1.82) is 0 Å². The molecule has 0 bridgehead atoms. The van der Waals surface area contributed by atoms with E-state index < -0.39 is 0 Å². The lowest BCUT2D eigenvalue weighted by atomic mass is 9.95. The SMILES string of the molecule is COc1cc2c(c(OC)c1O)[C@H]1CC=C[C@H]1O2. The van der Waals surface area contributed by atoms with Crippen molar-refractivity contribution in [2.24, 2.45) is 0 Å². The van der Waals surface area contributed by atoms with E-state index in [9.17, 15) is 5.11 Å². The standard InChI is InChI=1S/C13H14O4/c1-15-10-6-9-11(13(16-2)12(10)14)7-4-3-5-8(7)17-9/h3,5-8,14H,4H2,1-2H3/t7-,8+/m0/s1. The first-order valence-corrected chi connectivity index (χ1v) is 5.57. The van der Waals surface area contributed by atoms with E-state index in [0.717, 1.165) is 17.7 Å². The second kappa shape index (κ2) is 3.58. The van der Waals surface area contributed by atoms with Crippen LogP contribution in [0, 0.1) is 0 Å². The van der Waals surface area contributed by atoms with Crippen molar-refractivity contribution < 1.29 is 19.3 Å². The molecule has 1 N–H and O–H groups in total. The Bertz CT molecular complexity index is 493. The summed E-state index contributed by atoms with van der Waals surface area (Å²) in [5.74, 6) is 1.89. The Morgan fingerprint density at radius 3 is 2.88 bits per heavy atom. The second-order valence-corrected chi connectivity index (χ2v) is 4.23. The topological polar surface area (TPSA) is 47.9 Å². The third-order valence-corrected chi connectivity index (χ3v) is 3.39. The lowest BCUT2D eigenvalue weighted by Crippen LogP contribution is -2.10. The van der Waals surface area contributed by atoms with Gasteiger partial charge in [-0.1, -0.05) is 6.08 Å². The van der Waals surface area contributed by atoms with Crippen LogP contribution in [0.1, 0.15) is 17.9 Å². The van der Waals surface area contributed by atoms with Crippen LogP contribution in [-0.4, -0.2) is 25.4 Å². The zero-order valence-electron chi connectivity index (χ0n) is 9.77. The number of hydrogen-bond donors (Lipinski definition) is 1. The number of hydrogen-bond acceptors (Lipinski definition) is 4. The van der Waals surface area contributed by atoms with Crippen molar-refractivity contribution in [3.63, 3.8) is 0 Å². The van der Waals surface area contributed by atoms with Gasteiger partial charge in [0, 0.05) is 17.5 Å². The number of allylic oxidation sites excluding steroid dienone is 1. The molecular formula is C13H14O4. The first-order valence-electron chi connectivity index (χ1n) is 5.57. The van der Waals surface area contributed by atoms with Gasteiger partial charge in [0.2, 0.25) is 5.75 Å². The summed E-state index contributed by atoms with van der Waals surface area (Å²) in [4.78, 5) is 0. The summed E-state index contributed by atoms with van der Waals surface area (Å²) in [6.45, 7) is 0. The molecule has 0 amide bonds. The van der Waals surface area contributed by atoms with Crippen LogP contribution in [0.25, 0.3) is 0 Å². The average Bonchev–Trinajstić information content (AvgIpc) is 2.89. The summed E-state index contributed by atoms with van der Waals surface area (Å²) in [6.07, 6.45) is 5.12. The molecule has 3 rings (SSSR count). The molecule has 0 saturated carbocycles. The fourth-order valence-corrected chi connectivity index (χ4v) is 2.61. The van der Waals surface area contributed by atoms with E-state index in [1.165, 1.54) is 7.11 Å². The maximum absolute atomic E-state index is 10.0. The van der Waals surface area contributed by atoms with Crippen LogP contribution in [0.15, 0.2) is 18.2 Å². The lowest BCUT2D eigenvalue weighted by Gasteiger charge is -2.14. The van der Waals surface area contributed by atoms with Crippen molar-refractivity contribution >= 4 is 0 Å². The molecule has 1 aromatic carbocycles. The van der Waals surface area contributed by atoms with Crippen LogP contribution in [0.4, 0.5) is 0 Å². The molecule has 1 aliphatic heterocycles. The number of rotatable bonds is 2. The average molecular weight is 234 g/mol. The Labute approximate surface area is 99.4 Å². The van der Waals surface area contributed by atoms with Gasteiger partial charge < -0.3 is 19.3 Å². The van der Waals surface area contributed by atoms with E-state index in [2.05, 4.69) is 6.08 Å². The van der Waals surface area contributed by atoms with Gasteiger partial charge in [-0.05, 0) is 12.5 Å². The smallest absolute Gasteiger partial charge is 0.201 e. The molecule has 0 aromatic heterocycles. The molecule has 1 heterocycles. The van der Waals surface area contributed by atoms with Gasteiger partial charge in [0.1, 0.15) is 11.9 Å². The van der Waals surface area contributed by atoms with Crippen molar-refractivity contribution in [3.05, 3.63) is 23.8 Å². The second-order valence-electron chi connectivity index (χ2n) is 4.23. The van der Waals surface area contributed by atoms with E-state index >= 15 is 0 Å². The Morgan fingerprint density at radius 2 is 2.18 bits per heavy atom. The molecular weight excluding hydrogens is 220 g/mol. The van der Waals surface area contributed by atoms with Gasteiger partial charge >= 0.3 is 0 Å². The van der Waals surface area contributed by atoms with Crippen molar-refractivity contribution in [1.82, 2.24) is 0 Å². The number of fused-ring (bicyclic) bond motifs is 3. The van der Waals surface area contributed by atoms with Crippen molar-refractivity contribution in [2.45, 2.75) is 18.4 Å².